The van der Waals surface area contributed by atoms with E-state index in [0.29, 0.717) is 4.88 Å². The summed E-state index contributed by atoms with van der Waals surface area (Å²) in [7, 11) is 0. The Hall–Kier alpha value is -0.620. The number of nitrogens with zero attached hydrogens (tertiary/aromatic N) is 2. The molecule has 54 valence electrons. The monoisotopic (exact) mass is 175 g/mol. The number of primary amides is 1. The lowest BCUT2D eigenvalue weighted by atomic mass is 10.3. The molecule has 1 aromatic rings. The number of carbonyl (C=O) groups excluding carboxylic acids is 1. The zero-order valence-corrected chi connectivity index (χ0v) is 6.60. The van der Waals surface area contributed by atoms with Gasteiger partial charge in [-0.15, -0.1) is 5.10 Å². The van der Waals surface area contributed by atoms with Crippen molar-refractivity contribution in [1.82, 2.24) is 9.59 Å². The van der Waals surface area contributed by atoms with Gasteiger partial charge >= 0.3 is 0 Å². The van der Waals surface area contributed by atoms with E-state index in [1.165, 1.54) is 6.20 Å². The molecule has 0 saturated heterocycles. The zero-order chi connectivity index (χ0) is 7.56. The van der Waals surface area contributed by atoms with Crippen LogP contribution in [0.4, 0.5) is 0 Å². The van der Waals surface area contributed by atoms with E-state index < -0.39 is 11.2 Å². The van der Waals surface area contributed by atoms with Crippen LogP contribution in [0, 0.1) is 0 Å². The molecule has 1 amide bonds. The third-order valence-corrected chi connectivity index (χ3v) is 2.35. The minimum absolute atomic E-state index is 0.477. The van der Waals surface area contributed by atoms with Crippen molar-refractivity contribution in [1.29, 1.82) is 0 Å². The zero-order valence-electron chi connectivity index (χ0n) is 4.89. The maximum atomic E-state index is 10.5. The van der Waals surface area contributed by atoms with E-state index in [-0.39, 0.29) is 0 Å². The van der Waals surface area contributed by atoms with Crippen LogP contribution in [0.5, 0.6) is 0 Å². The molecule has 0 spiro atoms. The highest BCUT2D eigenvalue weighted by atomic mass is 32.1. The van der Waals surface area contributed by atoms with Crippen molar-refractivity contribution in [2.75, 3.05) is 0 Å². The lowest BCUT2D eigenvalue weighted by Crippen LogP contribution is -2.16. The molecule has 0 aromatic carbocycles. The number of aromatic nitrogens is 2. The third kappa shape index (κ3) is 1.45. The van der Waals surface area contributed by atoms with Gasteiger partial charge in [-0.05, 0) is 11.5 Å². The molecule has 1 atom stereocenters. The molecule has 1 unspecified atom stereocenters. The smallest absolute Gasteiger partial charge is 0.235 e. The normalized spacial score (nSPS) is 12.9. The van der Waals surface area contributed by atoms with E-state index in [0.717, 1.165) is 11.5 Å². The summed E-state index contributed by atoms with van der Waals surface area (Å²) < 4.78 is 3.56. The molecule has 0 aliphatic rings. The van der Waals surface area contributed by atoms with Crippen LogP contribution in [0.15, 0.2) is 6.20 Å². The van der Waals surface area contributed by atoms with Crippen molar-refractivity contribution in [2.45, 2.75) is 5.25 Å². The van der Waals surface area contributed by atoms with Crippen LogP contribution in [0.2, 0.25) is 0 Å². The number of hydrogen-bond acceptors (Lipinski definition) is 5. The van der Waals surface area contributed by atoms with E-state index in [1.54, 1.807) is 0 Å². The number of thiol groups is 1. The Morgan fingerprint density at radius 2 is 2.60 bits per heavy atom. The molecule has 10 heavy (non-hydrogen) atoms. The van der Waals surface area contributed by atoms with Gasteiger partial charge in [0.15, 0.2) is 0 Å². The highest BCUT2D eigenvalue weighted by molar-refractivity contribution is 7.81. The van der Waals surface area contributed by atoms with Crippen molar-refractivity contribution in [2.24, 2.45) is 5.73 Å². The van der Waals surface area contributed by atoms with Crippen LogP contribution in [0.25, 0.3) is 0 Å². The Morgan fingerprint density at radius 3 is 3.00 bits per heavy atom. The molecular weight excluding hydrogens is 170 g/mol. The summed E-state index contributed by atoms with van der Waals surface area (Å²) in [5, 5.41) is 2.97. The first kappa shape index (κ1) is 7.49. The Morgan fingerprint density at radius 1 is 1.90 bits per heavy atom. The number of carbonyl (C=O) groups is 1. The SMILES string of the molecule is NC(=O)C(S)c1cnns1. The highest BCUT2D eigenvalue weighted by Crippen LogP contribution is 2.20. The van der Waals surface area contributed by atoms with Crippen LogP contribution in [-0.2, 0) is 4.79 Å². The average Bonchev–Trinajstić information content (AvgIpc) is 2.36. The van der Waals surface area contributed by atoms with Gasteiger partial charge in [-0.2, -0.15) is 12.6 Å². The Kier molecular flexibility index (Phi) is 2.23. The third-order valence-electron chi connectivity index (χ3n) is 0.917. The first-order valence-corrected chi connectivity index (χ1v) is 3.75. The summed E-state index contributed by atoms with van der Waals surface area (Å²) >= 11 is 5.06. The van der Waals surface area contributed by atoms with Crippen molar-refractivity contribution in [3.05, 3.63) is 11.1 Å². The molecular formula is C4H5N3OS2. The van der Waals surface area contributed by atoms with Gasteiger partial charge in [0, 0.05) is 0 Å². The van der Waals surface area contributed by atoms with Crippen molar-refractivity contribution >= 4 is 30.1 Å². The summed E-state index contributed by atoms with van der Waals surface area (Å²) in [5.41, 5.74) is 4.96. The molecule has 1 rings (SSSR count). The van der Waals surface area contributed by atoms with Crippen molar-refractivity contribution in [3.63, 3.8) is 0 Å². The second kappa shape index (κ2) is 2.98. The van der Waals surface area contributed by atoms with Crippen LogP contribution >= 0.6 is 24.2 Å². The van der Waals surface area contributed by atoms with Gasteiger partial charge in [-0.25, -0.2) is 0 Å². The van der Waals surface area contributed by atoms with E-state index in [1.807, 2.05) is 0 Å². The van der Waals surface area contributed by atoms with Gasteiger partial charge in [-0.3, -0.25) is 4.79 Å². The van der Waals surface area contributed by atoms with E-state index in [4.69, 9.17) is 5.73 Å². The fraction of sp³-hybridized carbons (Fsp3) is 0.250. The largest absolute Gasteiger partial charge is 0.368 e. The molecule has 1 aromatic heterocycles. The first-order chi connectivity index (χ1) is 4.72. The summed E-state index contributed by atoms with van der Waals surface area (Å²) in [6.07, 6.45) is 1.48. The topological polar surface area (TPSA) is 68.9 Å². The number of nitrogens with two attached hydrogens (primary N) is 1. The lowest BCUT2D eigenvalue weighted by Gasteiger charge is -1.98. The van der Waals surface area contributed by atoms with Crippen LogP contribution in [-0.4, -0.2) is 15.5 Å². The molecule has 0 aliphatic carbocycles. The molecule has 1 heterocycles. The van der Waals surface area contributed by atoms with E-state index >= 15 is 0 Å². The van der Waals surface area contributed by atoms with Crippen molar-refractivity contribution < 1.29 is 4.79 Å². The minimum Gasteiger partial charge on any atom is -0.368 e. The van der Waals surface area contributed by atoms with Crippen LogP contribution in [0.3, 0.4) is 0 Å². The maximum Gasteiger partial charge on any atom is 0.235 e. The van der Waals surface area contributed by atoms with E-state index in [9.17, 15) is 4.79 Å². The van der Waals surface area contributed by atoms with Crippen LogP contribution in [0.1, 0.15) is 10.1 Å². The maximum absolute atomic E-state index is 10.5. The molecule has 2 N–H and O–H groups in total. The Labute approximate surface area is 67.0 Å². The molecule has 6 heteroatoms. The number of amides is 1. The summed E-state index contributed by atoms with van der Waals surface area (Å²) in [6, 6.07) is 0. The molecule has 0 bridgehead atoms. The first-order valence-electron chi connectivity index (χ1n) is 2.46. The van der Waals surface area contributed by atoms with Gasteiger partial charge in [0.1, 0.15) is 5.25 Å². The standard InChI is InChI=1S/C4H5N3OS2/c5-4(8)3(9)2-1-6-7-10-2/h1,3,9H,(H2,5,8). The summed E-state index contributed by atoms with van der Waals surface area (Å²) in [6.45, 7) is 0. The highest BCUT2D eigenvalue weighted by Gasteiger charge is 2.14. The molecule has 4 nitrogen and oxygen atoms in total. The number of rotatable bonds is 2. The molecule has 0 saturated carbocycles. The van der Waals surface area contributed by atoms with Gasteiger partial charge in [0.25, 0.3) is 0 Å². The van der Waals surface area contributed by atoms with E-state index in [2.05, 4.69) is 22.2 Å². The fourth-order valence-corrected chi connectivity index (χ4v) is 1.14. The lowest BCUT2D eigenvalue weighted by molar-refractivity contribution is -0.117. The van der Waals surface area contributed by atoms with Gasteiger partial charge < -0.3 is 5.73 Å². The second-order valence-electron chi connectivity index (χ2n) is 1.62. The second-order valence-corrected chi connectivity index (χ2v) is 2.96. The molecule has 0 fully saturated rings. The predicted molar refractivity (Wildman–Crippen MR) is 40.8 cm³/mol. The quantitative estimate of drug-likeness (QED) is 0.621. The van der Waals surface area contributed by atoms with Gasteiger partial charge in [0.2, 0.25) is 5.91 Å². The van der Waals surface area contributed by atoms with Gasteiger partial charge in [-0.1, -0.05) is 4.49 Å². The Balaban J connectivity index is 2.77. The molecule has 0 aliphatic heterocycles. The Bertz CT molecular complexity index is 222. The van der Waals surface area contributed by atoms with Gasteiger partial charge in [0.05, 0.1) is 11.1 Å². The predicted octanol–water partition coefficient (Wildman–Crippen LogP) is -0.00570. The summed E-state index contributed by atoms with van der Waals surface area (Å²) in [4.78, 5) is 11.2. The van der Waals surface area contributed by atoms with Crippen LogP contribution < -0.4 is 5.73 Å². The molecule has 0 radical (unpaired) electrons. The average molecular weight is 175 g/mol. The fourth-order valence-electron chi connectivity index (χ4n) is 0.435. The number of hydrogen-bond donors (Lipinski definition) is 2. The van der Waals surface area contributed by atoms with Crippen molar-refractivity contribution in [3.8, 4) is 0 Å². The minimum atomic E-state index is -0.569. The summed E-state index contributed by atoms with van der Waals surface area (Å²) in [5.74, 6) is -0.477.